The summed E-state index contributed by atoms with van der Waals surface area (Å²) in [6.07, 6.45) is -2.57. The third kappa shape index (κ3) is 5.02. The van der Waals surface area contributed by atoms with Crippen LogP contribution >= 0.6 is 7.60 Å². The van der Waals surface area contributed by atoms with Crippen molar-refractivity contribution in [2.75, 3.05) is 19.8 Å². The smallest absolute Gasteiger partial charge is 0.351 e. The molecule has 0 saturated heterocycles. The fourth-order valence-electron chi connectivity index (χ4n) is 2.52. The summed E-state index contributed by atoms with van der Waals surface area (Å²) < 4.78 is 28.8. The van der Waals surface area contributed by atoms with Crippen molar-refractivity contribution in [1.82, 2.24) is 0 Å². The Labute approximate surface area is 143 Å². The quantitative estimate of drug-likeness (QED) is 0.446. The van der Waals surface area contributed by atoms with Gasteiger partial charge in [0.2, 0.25) is 5.16 Å². The van der Waals surface area contributed by atoms with Crippen molar-refractivity contribution in [3.8, 4) is 0 Å². The Balaban J connectivity index is 6.59. The summed E-state index contributed by atoms with van der Waals surface area (Å²) in [6, 6.07) is 0. The van der Waals surface area contributed by atoms with Crippen LogP contribution in [0.15, 0.2) is 0 Å². The van der Waals surface area contributed by atoms with Gasteiger partial charge in [0, 0.05) is 0 Å². The number of ether oxygens (including phenoxy) is 1. The number of esters is 1. The van der Waals surface area contributed by atoms with Crippen molar-refractivity contribution in [2.45, 2.75) is 59.2 Å². The number of aliphatic hydroxyl groups excluding tert-OH is 1. The van der Waals surface area contributed by atoms with Crippen molar-refractivity contribution < 1.29 is 38.2 Å². The molecule has 0 rings (SSSR count). The molecule has 142 valence electrons. The highest BCUT2D eigenvalue weighted by Crippen LogP contribution is 2.65. The normalized spacial score (nSPS) is 16.3. The lowest BCUT2D eigenvalue weighted by Gasteiger charge is -2.41. The molecule has 2 N–H and O–H groups in total. The first-order chi connectivity index (χ1) is 10.9. The molecule has 8 nitrogen and oxygen atoms in total. The van der Waals surface area contributed by atoms with Gasteiger partial charge in [-0.3, -0.25) is 9.36 Å². The highest BCUT2D eigenvalue weighted by atomic mass is 31.2. The molecule has 0 aromatic rings. The zero-order valence-corrected chi connectivity index (χ0v) is 16.1. The Hall–Kier alpha value is -0.950. The van der Waals surface area contributed by atoms with Crippen LogP contribution in [0.3, 0.4) is 0 Å². The number of hydrogen-bond donors (Lipinski definition) is 2. The molecule has 0 radical (unpaired) electrons. The van der Waals surface area contributed by atoms with Crippen LogP contribution in [-0.4, -0.2) is 53.2 Å². The van der Waals surface area contributed by atoms with Crippen LogP contribution in [0.4, 0.5) is 0 Å². The van der Waals surface area contributed by atoms with Crippen molar-refractivity contribution in [3.05, 3.63) is 0 Å². The minimum absolute atomic E-state index is 0.0741. The highest BCUT2D eigenvalue weighted by Gasteiger charge is 2.66. The molecule has 9 heteroatoms. The van der Waals surface area contributed by atoms with Crippen LogP contribution in [0.1, 0.15) is 48.0 Å². The number of rotatable bonds is 10. The average molecular weight is 368 g/mol. The zero-order valence-electron chi connectivity index (χ0n) is 15.2. The molecule has 0 amide bonds. The molecule has 0 fully saturated rings. The fourth-order valence-corrected chi connectivity index (χ4v) is 5.10. The summed E-state index contributed by atoms with van der Waals surface area (Å²) in [6.45, 7) is 9.50. The van der Waals surface area contributed by atoms with Crippen LogP contribution in [0.25, 0.3) is 0 Å². The lowest BCUT2D eigenvalue weighted by atomic mass is 9.81. The summed E-state index contributed by atoms with van der Waals surface area (Å²) >= 11 is 0. The molecular formula is C15H29O8P. The van der Waals surface area contributed by atoms with Gasteiger partial charge in [-0.25, -0.2) is 4.79 Å². The Kier molecular flexibility index (Phi) is 8.59. The molecule has 0 aromatic carbocycles. The standard InChI is InChI=1S/C15H29O8P/c1-7-21-13(19)15(10-14(4,5)6,11(16)12(17)18)24(20,22-8-2)23-9-3/h11,16H,7-10H2,1-6H3,(H,17,18). The molecule has 24 heavy (non-hydrogen) atoms. The number of aliphatic hydroxyl groups is 1. The third-order valence-electron chi connectivity index (χ3n) is 3.20. The number of carbonyl (C=O) groups is 2. The molecular weight excluding hydrogens is 339 g/mol. The first-order valence-corrected chi connectivity index (χ1v) is 9.43. The van der Waals surface area contributed by atoms with Gasteiger partial charge < -0.3 is 24.0 Å². The van der Waals surface area contributed by atoms with E-state index in [1.165, 1.54) is 20.8 Å². The molecule has 0 heterocycles. The molecule has 0 aliphatic rings. The average Bonchev–Trinajstić information content (AvgIpc) is 2.43. The maximum Gasteiger partial charge on any atom is 0.351 e. The molecule has 0 aromatic heterocycles. The van der Waals surface area contributed by atoms with E-state index in [1.807, 2.05) is 0 Å². The minimum atomic E-state index is -4.36. The maximum absolute atomic E-state index is 13.4. The lowest BCUT2D eigenvalue weighted by Crippen LogP contribution is -2.56. The van der Waals surface area contributed by atoms with Gasteiger partial charge in [-0.05, 0) is 32.6 Å². The number of aliphatic carboxylic acids is 1. The molecule has 0 spiro atoms. The minimum Gasteiger partial charge on any atom is -0.479 e. The monoisotopic (exact) mass is 368 g/mol. The summed E-state index contributed by atoms with van der Waals surface area (Å²) in [7, 11) is -4.36. The van der Waals surface area contributed by atoms with E-state index < -0.39 is 36.2 Å². The number of carboxylic acids is 1. The first-order valence-electron chi connectivity index (χ1n) is 7.89. The van der Waals surface area contributed by atoms with Crippen LogP contribution in [-0.2, 0) is 27.9 Å². The molecule has 0 bridgehead atoms. The maximum atomic E-state index is 13.4. The van der Waals surface area contributed by atoms with Crippen LogP contribution in [0.2, 0.25) is 0 Å². The van der Waals surface area contributed by atoms with Crippen molar-refractivity contribution in [3.63, 3.8) is 0 Å². The number of carboxylic acid groups (broad SMARTS) is 1. The molecule has 0 aliphatic carbocycles. The largest absolute Gasteiger partial charge is 0.479 e. The van der Waals surface area contributed by atoms with Gasteiger partial charge in [-0.1, -0.05) is 20.8 Å². The van der Waals surface area contributed by atoms with Crippen molar-refractivity contribution in [2.24, 2.45) is 5.41 Å². The van der Waals surface area contributed by atoms with Crippen LogP contribution < -0.4 is 0 Å². The van der Waals surface area contributed by atoms with E-state index in [9.17, 15) is 24.4 Å². The van der Waals surface area contributed by atoms with Gasteiger partial charge in [0.15, 0.2) is 6.10 Å². The topological polar surface area (TPSA) is 119 Å². The Morgan fingerprint density at radius 1 is 1.04 bits per heavy atom. The summed E-state index contributed by atoms with van der Waals surface area (Å²) in [5, 5.41) is 17.3. The van der Waals surface area contributed by atoms with E-state index in [4.69, 9.17) is 13.8 Å². The third-order valence-corrected chi connectivity index (χ3v) is 5.96. The van der Waals surface area contributed by atoms with E-state index >= 15 is 0 Å². The van der Waals surface area contributed by atoms with E-state index in [-0.39, 0.29) is 26.2 Å². The van der Waals surface area contributed by atoms with Gasteiger partial charge >= 0.3 is 19.5 Å². The highest BCUT2D eigenvalue weighted by molar-refractivity contribution is 7.57. The summed E-state index contributed by atoms with van der Waals surface area (Å²) in [4.78, 5) is 24.2. The number of carbonyl (C=O) groups excluding carboxylic acids is 1. The summed E-state index contributed by atoms with van der Waals surface area (Å²) in [5.41, 5.74) is -0.674. The van der Waals surface area contributed by atoms with Crippen LogP contribution in [0, 0.1) is 5.41 Å². The van der Waals surface area contributed by atoms with Gasteiger partial charge in [0.05, 0.1) is 19.8 Å². The lowest BCUT2D eigenvalue weighted by molar-refractivity contribution is -0.162. The summed E-state index contributed by atoms with van der Waals surface area (Å²) in [5.74, 6) is -2.81. The predicted molar refractivity (Wildman–Crippen MR) is 87.9 cm³/mol. The SMILES string of the molecule is CCOC(=O)C(CC(C)(C)C)(C(O)C(=O)O)P(=O)(OCC)OCC. The van der Waals surface area contributed by atoms with E-state index in [0.29, 0.717) is 0 Å². The first kappa shape index (κ1) is 23.1. The van der Waals surface area contributed by atoms with Gasteiger partial charge in [0.25, 0.3) is 0 Å². The van der Waals surface area contributed by atoms with E-state index in [1.54, 1.807) is 20.8 Å². The molecule has 0 saturated carbocycles. The van der Waals surface area contributed by atoms with Crippen LogP contribution in [0.5, 0.6) is 0 Å². The Bertz CT molecular complexity index is 474. The van der Waals surface area contributed by atoms with Crippen molar-refractivity contribution >= 4 is 19.5 Å². The van der Waals surface area contributed by atoms with Gasteiger partial charge in [0.1, 0.15) is 0 Å². The number of hydrogen-bond acceptors (Lipinski definition) is 7. The fraction of sp³-hybridized carbons (Fsp3) is 0.867. The van der Waals surface area contributed by atoms with E-state index in [0.717, 1.165) is 0 Å². The molecule has 0 aliphatic heterocycles. The van der Waals surface area contributed by atoms with Gasteiger partial charge in [-0.2, -0.15) is 0 Å². The Morgan fingerprint density at radius 3 is 1.79 bits per heavy atom. The Morgan fingerprint density at radius 2 is 1.50 bits per heavy atom. The zero-order chi connectivity index (χ0) is 19.2. The molecule has 2 atom stereocenters. The van der Waals surface area contributed by atoms with E-state index in [2.05, 4.69) is 0 Å². The predicted octanol–water partition coefficient (Wildman–Crippen LogP) is 2.44. The second kappa shape index (κ2) is 8.94. The van der Waals surface area contributed by atoms with Crippen molar-refractivity contribution in [1.29, 1.82) is 0 Å². The second-order valence-electron chi connectivity index (χ2n) is 6.46. The molecule has 2 unspecified atom stereocenters. The van der Waals surface area contributed by atoms with Gasteiger partial charge in [-0.15, -0.1) is 0 Å². The second-order valence-corrected chi connectivity index (χ2v) is 8.77.